The summed E-state index contributed by atoms with van der Waals surface area (Å²) in [5.74, 6) is 0.884. The third kappa shape index (κ3) is 3.29. The molecule has 21 heavy (non-hydrogen) atoms. The number of fused-ring (bicyclic) bond motifs is 1. The third-order valence-electron chi connectivity index (χ3n) is 3.57. The van der Waals surface area contributed by atoms with Crippen LogP contribution in [0.1, 0.15) is 22.8 Å². The molecule has 0 spiro atoms. The molecule has 0 saturated heterocycles. The van der Waals surface area contributed by atoms with Crippen molar-refractivity contribution in [1.29, 1.82) is 0 Å². The maximum atomic E-state index is 10.5. The van der Waals surface area contributed by atoms with Crippen molar-refractivity contribution in [1.82, 2.24) is 0 Å². The average molecular weight is 433 g/mol. The van der Waals surface area contributed by atoms with Crippen LogP contribution >= 0.6 is 43.5 Å². The van der Waals surface area contributed by atoms with Crippen LogP contribution < -0.4 is 4.74 Å². The number of benzene rings is 2. The second-order valence-electron chi connectivity index (χ2n) is 5.05. The Morgan fingerprint density at radius 1 is 1.19 bits per heavy atom. The highest BCUT2D eigenvalue weighted by Crippen LogP contribution is 2.36. The average Bonchev–Trinajstić information content (AvgIpc) is 2.90. The maximum Gasteiger partial charge on any atom is 0.126 e. The fourth-order valence-corrected chi connectivity index (χ4v) is 3.45. The van der Waals surface area contributed by atoms with Gasteiger partial charge in [-0.3, -0.25) is 0 Å². The Labute approximate surface area is 145 Å². The van der Waals surface area contributed by atoms with Crippen LogP contribution in [0.25, 0.3) is 0 Å². The highest BCUT2D eigenvalue weighted by Gasteiger charge is 2.20. The van der Waals surface area contributed by atoms with E-state index in [1.54, 1.807) is 0 Å². The van der Waals surface area contributed by atoms with E-state index in [9.17, 15) is 5.11 Å². The molecule has 1 aliphatic rings. The van der Waals surface area contributed by atoms with Crippen LogP contribution in [0.5, 0.6) is 5.75 Å². The molecule has 1 unspecified atom stereocenters. The molecule has 110 valence electrons. The van der Waals surface area contributed by atoms with E-state index in [2.05, 4.69) is 31.9 Å². The molecule has 0 aromatic heterocycles. The van der Waals surface area contributed by atoms with Crippen molar-refractivity contribution >= 4 is 43.5 Å². The molecule has 2 aromatic carbocycles. The number of hydrogen-bond donors (Lipinski definition) is 1. The summed E-state index contributed by atoms with van der Waals surface area (Å²) in [5.41, 5.74) is 2.94. The van der Waals surface area contributed by atoms with Crippen molar-refractivity contribution < 1.29 is 9.84 Å². The molecule has 0 saturated carbocycles. The van der Waals surface area contributed by atoms with E-state index in [0.717, 1.165) is 37.8 Å². The number of aliphatic hydroxyl groups excluding tert-OH is 1. The predicted octanol–water partition coefficient (Wildman–Crippen LogP) is 5.08. The lowest BCUT2D eigenvalue weighted by molar-refractivity contribution is 0.177. The SMILES string of the molecule is OC(Cc1cc(Cl)cc2c1OCC2)c1ccc(Br)c(Br)c1. The normalized spacial score (nSPS) is 14.7. The molecule has 0 aliphatic carbocycles. The summed E-state index contributed by atoms with van der Waals surface area (Å²) in [6.07, 6.45) is 0.765. The molecule has 2 nitrogen and oxygen atoms in total. The van der Waals surface area contributed by atoms with Gasteiger partial charge >= 0.3 is 0 Å². The zero-order chi connectivity index (χ0) is 15.0. The zero-order valence-electron chi connectivity index (χ0n) is 11.1. The highest BCUT2D eigenvalue weighted by atomic mass is 79.9. The van der Waals surface area contributed by atoms with Crippen molar-refractivity contribution in [3.8, 4) is 5.75 Å². The minimum absolute atomic E-state index is 0.483. The molecule has 0 radical (unpaired) electrons. The summed E-state index contributed by atoms with van der Waals surface area (Å²) in [6.45, 7) is 0.683. The molecule has 1 heterocycles. The van der Waals surface area contributed by atoms with Crippen molar-refractivity contribution in [2.75, 3.05) is 6.61 Å². The van der Waals surface area contributed by atoms with Gasteiger partial charge in [-0.05, 0) is 72.8 Å². The number of aliphatic hydroxyl groups is 1. The van der Waals surface area contributed by atoms with E-state index >= 15 is 0 Å². The molecule has 1 atom stereocenters. The first kappa shape index (κ1) is 15.3. The number of rotatable bonds is 3. The monoisotopic (exact) mass is 430 g/mol. The van der Waals surface area contributed by atoms with Crippen molar-refractivity contribution in [3.05, 3.63) is 61.0 Å². The number of hydrogen-bond acceptors (Lipinski definition) is 2. The molecule has 5 heteroatoms. The summed E-state index contributed by atoms with van der Waals surface area (Å²) >= 11 is 13.0. The van der Waals surface area contributed by atoms with Gasteiger partial charge in [-0.2, -0.15) is 0 Å². The first-order valence-corrected chi connectivity index (χ1v) is 8.58. The molecule has 2 aromatic rings. The van der Waals surface area contributed by atoms with Crippen molar-refractivity contribution in [2.45, 2.75) is 18.9 Å². The van der Waals surface area contributed by atoms with Crippen molar-refractivity contribution in [3.63, 3.8) is 0 Å². The minimum Gasteiger partial charge on any atom is -0.493 e. The standard InChI is InChI=1S/C16H13Br2ClO2/c17-13-2-1-9(7-14(13)18)15(20)8-11-6-12(19)5-10-3-4-21-16(10)11/h1-2,5-7,15,20H,3-4,8H2. The molecule has 1 aliphatic heterocycles. The third-order valence-corrected chi connectivity index (χ3v) is 5.66. The van der Waals surface area contributed by atoms with Gasteiger partial charge in [-0.1, -0.05) is 17.7 Å². The van der Waals surface area contributed by atoms with Crippen LogP contribution in [0.4, 0.5) is 0 Å². The van der Waals surface area contributed by atoms with Gasteiger partial charge in [-0.15, -0.1) is 0 Å². The Morgan fingerprint density at radius 3 is 2.76 bits per heavy atom. The smallest absolute Gasteiger partial charge is 0.126 e. The molecule has 1 N–H and O–H groups in total. The van der Waals surface area contributed by atoms with E-state index in [4.69, 9.17) is 16.3 Å². The van der Waals surface area contributed by atoms with Gasteiger partial charge in [0.15, 0.2) is 0 Å². The topological polar surface area (TPSA) is 29.5 Å². The van der Waals surface area contributed by atoms with Crippen LogP contribution in [0.15, 0.2) is 39.3 Å². The Hall–Kier alpha value is -0.550. The second-order valence-corrected chi connectivity index (χ2v) is 7.19. The van der Waals surface area contributed by atoms with E-state index in [-0.39, 0.29) is 0 Å². The summed E-state index contributed by atoms with van der Waals surface area (Å²) < 4.78 is 7.56. The van der Waals surface area contributed by atoms with Gasteiger partial charge < -0.3 is 9.84 Å². The fourth-order valence-electron chi connectivity index (χ4n) is 2.54. The molecule has 0 amide bonds. The van der Waals surface area contributed by atoms with Gasteiger partial charge in [0.1, 0.15) is 5.75 Å². The van der Waals surface area contributed by atoms with Crippen LogP contribution in [0.3, 0.4) is 0 Å². The molecule has 3 rings (SSSR count). The van der Waals surface area contributed by atoms with Crippen LogP contribution in [0.2, 0.25) is 5.02 Å². The summed E-state index contributed by atoms with van der Waals surface area (Å²) in [7, 11) is 0. The second kappa shape index (κ2) is 6.29. The lowest BCUT2D eigenvalue weighted by atomic mass is 9.99. The number of halogens is 3. The highest BCUT2D eigenvalue weighted by molar-refractivity contribution is 9.13. The van der Waals surface area contributed by atoms with Crippen molar-refractivity contribution in [2.24, 2.45) is 0 Å². The summed E-state index contributed by atoms with van der Waals surface area (Å²) in [4.78, 5) is 0. The molecule has 0 fully saturated rings. The lowest BCUT2D eigenvalue weighted by Gasteiger charge is -2.15. The van der Waals surface area contributed by atoms with Gasteiger partial charge in [0.2, 0.25) is 0 Å². The van der Waals surface area contributed by atoms with Gasteiger partial charge in [0, 0.05) is 26.8 Å². The Bertz CT molecular complexity index is 688. The Morgan fingerprint density at radius 2 is 2.00 bits per heavy atom. The van der Waals surface area contributed by atoms with E-state index in [1.807, 2.05) is 30.3 Å². The maximum absolute atomic E-state index is 10.5. The first-order valence-electron chi connectivity index (χ1n) is 6.61. The predicted molar refractivity (Wildman–Crippen MR) is 91.2 cm³/mol. The van der Waals surface area contributed by atoms with Crippen LogP contribution in [-0.4, -0.2) is 11.7 Å². The Kier molecular flexibility index (Phi) is 4.60. The molecular weight excluding hydrogens is 419 g/mol. The summed E-state index contributed by atoms with van der Waals surface area (Å²) in [6, 6.07) is 9.56. The largest absolute Gasteiger partial charge is 0.493 e. The van der Waals surface area contributed by atoms with E-state index < -0.39 is 6.10 Å². The minimum atomic E-state index is -0.596. The first-order chi connectivity index (χ1) is 10.0. The zero-order valence-corrected chi connectivity index (χ0v) is 15.0. The summed E-state index contributed by atoms with van der Waals surface area (Å²) in [5, 5.41) is 11.2. The van der Waals surface area contributed by atoms with E-state index in [1.165, 1.54) is 0 Å². The molecular formula is C16H13Br2ClO2. The van der Waals surface area contributed by atoms with E-state index in [0.29, 0.717) is 18.1 Å². The van der Waals surface area contributed by atoms with Crippen LogP contribution in [-0.2, 0) is 12.8 Å². The quantitative estimate of drug-likeness (QED) is 0.733. The fraction of sp³-hybridized carbons (Fsp3) is 0.250. The van der Waals surface area contributed by atoms with Crippen LogP contribution in [0, 0.1) is 0 Å². The number of ether oxygens (including phenoxy) is 1. The lowest BCUT2D eigenvalue weighted by Crippen LogP contribution is -2.03. The van der Waals surface area contributed by atoms with Gasteiger partial charge in [0.05, 0.1) is 12.7 Å². The molecule has 0 bridgehead atoms. The van der Waals surface area contributed by atoms with Gasteiger partial charge in [-0.25, -0.2) is 0 Å². The van der Waals surface area contributed by atoms with Gasteiger partial charge in [0.25, 0.3) is 0 Å². The Balaban J connectivity index is 1.88.